The highest BCUT2D eigenvalue weighted by Crippen LogP contribution is 2.29. The molecule has 0 bridgehead atoms. The lowest BCUT2D eigenvalue weighted by Crippen LogP contribution is -2.34. The molecule has 126 valence electrons. The van der Waals surface area contributed by atoms with E-state index in [9.17, 15) is 18.0 Å². The Kier molecular flexibility index (Phi) is 5.38. The van der Waals surface area contributed by atoms with Crippen LogP contribution in [0.4, 0.5) is 0 Å². The molecule has 1 aromatic carbocycles. The average molecular weight is 340 g/mol. The van der Waals surface area contributed by atoms with Crippen LogP contribution in [0.2, 0.25) is 0 Å². The van der Waals surface area contributed by atoms with Crippen molar-refractivity contribution in [3.8, 4) is 0 Å². The first-order valence-corrected chi connectivity index (χ1v) is 8.94. The number of benzene rings is 1. The van der Waals surface area contributed by atoms with Crippen molar-refractivity contribution < 1.29 is 23.1 Å². The number of amides is 1. The number of carbonyl (C=O) groups excluding carboxylic acids is 1. The van der Waals surface area contributed by atoms with Crippen molar-refractivity contribution in [1.29, 1.82) is 0 Å². The van der Waals surface area contributed by atoms with Crippen LogP contribution in [0.1, 0.15) is 31.2 Å². The summed E-state index contributed by atoms with van der Waals surface area (Å²) in [5.41, 5.74) is 0.768. The number of carbonyl (C=O) groups is 2. The fourth-order valence-electron chi connectivity index (χ4n) is 2.73. The quantitative estimate of drug-likeness (QED) is 0.732. The second kappa shape index (κ2) is 7.10. The highest BCUT2D eigenvalue weighted by atomic mass is 32.2. The van der Waals surface area contributed by atoms with Crippen molar-refractivity contribution in [3.05, 3.63) is 29.8 Å². The fourth-order valence-corrected chi connectivity index (χ4v) is 3.25. The van der Waals surface area contributed by atoms with Gasteiger partial charge in [0.15, 0.2) is 0 Å². The highest BCUT2D eigenvalue weighted by molar-refractivity contribution is 7.89. The number of nitrogens with two attached hydrogens (primary N) is 1. The number of carboxylic acids is 1. The number of hydrogen-bond donors (Lipinski definition) is 3. The Balaban J connectivity index is 1.84. The largest absolute Gasteiger partial charge is 0.481 e. The van der Waals surface area contributed by atoms with Gasteiger partial charge in [0, 0.05) is 12.5 Å². The molecule has 0 radical (unpaired) electrons. The molecular formula is C15H20N2O5S. The molecule has 4 N–H and O–H groups in total. The molecule has 7 nitrogen and oxygen atoms in total. The van der Waals surface area contributed by atoms with E-state index in [4.69, 9.17) is 10.2 Å². The van der Waals surface area contributed by atoms with Crippen LogP contribution in [0.5, 0.6) is 0 Å². The molecule has 23 heavy (non-hydrogen) atoms. The molecule has 0 aromatic heterocycles. The number of aliphatic carboxylic acids is 1. The van der Waals surface area contributed by atoms with Gasteiger partial charge in [0.2, 0.25) is 15.9 Å². The second-order valence-electron chi connectivity index (χ2n) is 5.79. The van der Waals surface area contributed by atoms with Crippen molar-refractivity contribution >= 4 is 21.9 Å². The lowest BCUT2D eigenvalue weighted by molar-refractivity contribution is -0.144. The number of carboxylic acid groups (broad SMARTS) is 1. The van der Waals surface area contributed by atoms with Crippen LogP contribution in [0.25, 0.3) is 0 Å². The standard InChI is InChI=1S/C15H20N2O5S/c16-23(21,22)13-7-1-10(2-8-13)9-17-14(18)11-3-5-12(6-4-11)15(19)20/h1-2,7-8,11-12H,3-6,9H2,(H,17,18)(H,19,20)(H2,16,21,22). The van der Waals surface area contributed by atoms with E-state index in [0.29, 0.717) is 32.2 Å². The van der Waals surface area contributed by atoms with Crippen LogP contribution >= 0.6 is 0 Å². The Morgan fingerprint density at radius 1 is 1.09 bits per heavy atom. The maximum absolute atomic E-state index is 12.1. The van der Waals surface area contributed by atoms with Crippen molar-refractivity contribution in [3.63, 3.8) is 0 Å². The normalized spacial score (nSPS) is 21.6. The zero-order valence-electron chi connectivity index (χ0n) is 12.6. The highest BCUT2D eigenvalue weighted by Gasteiger charge is 2.29. The first-order chi connectivity index (χ1) is 10.8. The van der Waals surface area contributed by atoms with Crippen molar-refractivity contribution in [2.45, 2.75) is 37.1 Å². The molecule has 0 heterocycles. The van der Waals surface area contributed by atoms with Gasteiger partial charge in [-0.05, 0) is 43.4 Å². The summed E-state index contributed by atoms with van der Waals surface area (Å²) in [6.45, 7) is 0.294. The van der Waals surface area contributed by atoms with Gasteiger partial charge in [0.25, 0.3) is 0 Å². The zero-order chi connectivity index (χ0) is 17.0. The lowest BCUT2D eigenvalue weighted by atomic mass is 9.81. The van der Waals surface area contributed by atoms with Gasteiger partial charge in [-0.15, -0.1) is 0 Å². The van der Waals surface area contributed by atoms with Gasteiger partial charge in [0.1, 0.15) is 0 Å². The topological polar surface area (TPSA) is 127 Å². The minimum Gasteiger partial charge on any atom is -0.481 e. The lowest BCUT2D eigenvalue weighted by Gasteiger charge is -2.25. The summed E-state index contributed by atoms with van der Waals surface area (Å²) in [5.74, 6) is -1.39. The number of hydrogen-bond acceptors (Lipinski definition) is 4. The van der Waals surface area contributed by atoms with Gasteiger partial charge in [-0.3, -0.25) is 9.59 Å². The molecule has 1 fully saturated rings. The molecular weight excluding hydrogens is 320 g/mol. The van der Waals surface area contributed by atoms with E-state index in [2.05, 4.69) is 5.32 Å². The molecule has 1 saturated carbocycles. The summed E-state index contributed by atoms with van der Waals surface area (Å²) in [6, 6.07) is 5.99. The van der Waals surface area contributed by atoms with Crippen molar-refractivity contribution in [1.82, 2.24) is 5.32 Å². The van der Waals surface area contributed by atoms with E-state index in [-0.39, 0.29) is 22.6 Å². The molecule has 1 amide bonds. The molecule has 0 spiro atoms. The van der Waals surface area contributed by atoms with Gasteiger partial charge in [-0.1, -0.05) is 12.1 Å². The first kappa shape index (κ1) is 17.4. The molecule has 1 aromatic rings. The summed E-state index contributed by atoms with van der Waals surface area (Å²) in [5, 5.41) is 16.8. The molecule has 1 aliphatic carbocycles. The third-order valence-electron chi connectivity index (χ3n) is 4.17. The summed E-state index contributed by atoms with van der Waals surface area (Å²) in [7, 11) is -3.72. The SMILES string of the molecule is NS(=O)(=O)c1ccc(CNC(=O)C2CCC(C(=O)O)CC2)cc1. The Bertz CT molecular complexity index is 676. The number of nitrogens with one attached hydrogen (secondary N) is 1. The predicted octanol–water partition coefficient (Wildman–Crippen LogP) is 0.841. The number of rotatable bonds is 5. The van der Waals surface area contributed by atoms with E-state index < -0.39 is 16.0 Å². The zero-order valence-corrected chi connectivity index (χ0v) is 13.4. The molecule has 2 rings (SSSR count). The van der Waals surface area contributed by atoms with Gasteiger partial charge in [-0.25, -0.2) is 13.6 Å². The number of primary sulfonamides is 1. The van der Waals surface area contributed by atoms with Gasteiger partial charge in [0.05, 0.1) is 10.8 Å². The van der Waals surface area contributed by atoms with Crippen LogP contribution in [-0.4, -0.2) is 25.4 Å². The van der Waals surface area contributed by atoms with Crippen LogP contribution < -0.4 is 10.5 Å². The molecule has 0 unspecified atom stereocenters. The average Bonchev–Trinajstić information content (AvgIpc) is 2.52. The van der Waals surface area contributed by atoms with E-state index in [1.165, 1.54) is 12.1 Å². The van der Waals surface area contributed by atoms with E-state index >= 15 is 0 Å². The van der Waals surface area contributed by atoms with Gasteiger partial charge in [-0.2, -0.15) is 0 Å². The second-order valence-corrected chi connectivity index (χ2v) is 7.35. The molecule has 0 aliphatic heterocycles. The Morgan fingerprint density at radius 3 is 2.09 bits per heavy atom. The monoisotopic (exact) mass is 340 g/mol. The maximum Gasteiger partial charge on any atom is 0.306 e. The third kappa shape index (κ3) is 4.77. The van der Waals surface area contributed by atoms with E-state index in [1.54, 1.807) is 12.1 Å². The maximum atomic E-state index is 12.1. The predicted molar refractivity (Wildman–Crippen MR) is 82.7 cm³/mol. The summed E-state index contributed by atoms with van der Waals surface area (Å²) in [4.78, 5) is 23.0. The van der Waals surface area contributed by atoms with E-state index in [0.717, 1.165) is 5.56 Å². The fraction of sp³-hybridized carbons (Fsp3) is 0.467. The molecule has 8 heteroatoms. The van der Waals surface area contributed by atoms with Crippen LogP contribution in [0.15, 0.2) is 29.2 Å². The minimum atomic E-state index is -3.72. The van der Waals surface area contributed by atoms with Crippen LogP contribution in [0.3, 0.4) is 0 Å². The minimum absolute atomic E-state index is 0.0274. The Hall–Kier alpha value is -1.93. The first-order valence-electron chi connectivity index (χ1n) is 7.39. The summed E-state index contributed by atoms with van der Waals surface area (Å²) >= 11 is 0. The van der Waals surface area contributed by atoms with Crippen molar-refractivity contribution in [2.24, 2.45) is 17.0 Å². The van der Waals surface area contributed by atoms with Gasteiger partial charge < -0.3 is 10.4 Å². The Labute approximate surface area is 134 Å². The third-order valence-corrected chi connectivity index (χ3v) is 5.10. The summed E-state index contributed by atoms with van der Waals surface area (Å²) in [6.07, 6.45) is 2.20. The molecule has 0 saturated heterocycles. The van der Waals surface area contributed by atoms with E-state index in [1.807, 2.05) is 0 Å². The van der Waals surface area contributed by atoms with Crippen molar-refractivity contribution in [2.75, 3.05) is 0 Å². The summed E-state index contributed by atoms with van der Waals surface area (Å²) < 4.78 is 22.3. The molecule has 1 aliphatic rings. The molecule has 0 atom stereocenters. The van der Waals surface area contributed by atoms with Gasteiger partial charge >= 0.3 is 5.97 Å². The number of sulfonamides is 1. The Morgan fingerprint density at radius 2 is 1.61 bits per heavy atom. The van der Waals surface area contributed by atoms with Crippen LogP contribution in [0, 0.1) is 11.8 Å². The van der Waals surface area contributed by atoms with Crippen LogP contribution in [-0.2, 0) is 26.2 Å². The smallest absolute Gasteiger partial charge is 0.306 e.